The monoisotopic (exact) mass is 537 g/mol. The van der Waals surface area contributed by atoms with E-state index in [1.807, 2.05) is 20.8 Å². The summed E-state index contributed by atoms with van der Waals surface area (Å²) in [5.41, 5.74) is -1.03. The molecule has 3 unspecified atom stereocenters. The number of rotatable bonds is 9. The highest BCUT2D eigenvalue weighted by Gasteiger charge is 2.79. The van der Waals surface area contributed by atoms with Crippen molar-refractivity contribution in [2.24, 2.45) is 17.8 Å². The summed E-state index contributed by atoms with van der Waals surface area (Å²) in [5.74, 6) is -1.56. The molecule has 0 aromatic heterocycles. The number of aliphatic hydroxyl groups excluding tert-OH is 1. The minimum absolute atomic E-state index is 0.0422. The van der Waals surface area contributed by atoms with Gasteiger partial charge in [-0.25, -0.2) is 0 Å². The molecule has 3 N–H and O–H groups in total. The quantitative estimate of drug-likeness (QED) is 0.449. The molecule has 3 fully saturated rings. The zero-order valence-corrected chi connectivity index (χ0v) is 22.6. The Hall–Kier alpha value is -3.63. The molecule has 10 heteroatoms. The molecule has 2 aromatic rings. The van der Waals surface area contributed by atoms with Crippen molar-refractivity contribution in [2.45, 2.75) is 44.4 Å². The number of benzene rings is 2. The van der Waals surface area contributed by atoms with Crippen LogP contribution in [0.3, 0.4) is 0 Å². The average Bonchev–Trinajstić information content (AvgIpc) is 3.42. The first-order valence-corrected chi connectivity index (χ1v) is 13.3. The van der Waals surface area contributed by atoms with E-state index in [1.54, 1.807) is 55.6 Å². The number of nitrogens with one attached hydrogen (secondary N) is 2. The SMILES string of the molecule is CCOc1ccc(NC(=O)[C@@H]2[C@H]3C(=O)N(CCO)C(C(=O)Nc4ccc(OC)cc4)C34CC(C)[C@@]2(C)O4)cc1. The number of aliphatic hydroxyl groups is 1. The van der Waals surface area contributed by atoms with Crippen LogP contribution in [-0.4, -0.2) is 71.8 Å². The van der Waals surface area contributed by atoms with Gasteiger partial charge in [0.1, 0.15) is 23.1 Å². The van der Waals surface area contributed by atoms with Crippen LogP contribution in [0.25, 0.3) is 0 Å². The van der Waals surface area contributed by atoms with Crippen LogP contribution in [0.4, 0.5) is 11.4 Å². The Morgan fingerprint density at radius 1 is 1.05 bits per heavy atom. The van der Waals surface area contributed by atoms with Crippen molar-refractivity contribution >= 4 is 29.1 Å². The first-order valence-electron chi connectivity index (χ1n) is 13.3. The zero-order chi connectivity index (χ0) is 27.9. The molecular formula is C29H35N3O7. The largest absolute Gasteiger partial charge is 0.497 e. The van der Waals surface area contributed by atoms with Crippen LogP contribution in [0, 0.1) is 17.8 Å². The van der Waals surface area contributed by atoms with Crippen LogP contribution in [0.2, 0.25) is 0 Å². The summed E-state index contributed by atoms with van der Waals surface area (Å²) in [5, 5.41) is 15.6. The second-order valence-corrected chi connectivity index (χ2v) is 10.6. The lowest BCUT2D eigenvalue weighted by atomic mass is 9.62. The highest BCUT2D eigenvalue weighted by atomic mass is 16.5. The van der Waals surface area contributed by atoms with Crippen molar-refractivity contribution in [1.82, 2.24) is 4.90 Å². The number of hydrogen-bond acceptors (Lipinski definition) is 7. The maximum Gasteiger partial charge on any atom is 0.250 e. The minimum Gasteiger partial charge on any atom is -0.497 e. The Kier molecular flexibility index (Phi) is 7.02. The first-order chi connectivity index (χ1) is 18.7. The van der Waals surface area contributed by atoms with Crippen molar-refractivity contribution in [1.29, 1.82) is 0 Å². The molecule has 39 heavy (non-hydrogen) atoms. The van der Waals surface area contributed by atoms with E-state index >= 15 is 0 Å². The Morgan fingerprint density at radius 3 is 2.21 bits per heavy atom. The minimum atomic E-state index is -1.20. The Labute approximate surface area is 227 Å². The fourth-order valence-electron chi connectivity index (χ4n) is 6.69. The summed E-state index contributed by atoms with van der Waals surface area (Å²) in [4.78, 5) is 42.8. The van der Waals surface area contributed by atoms with Crippen LogP contribution in [0.5, 0.6) is 11.5 Å². The number of carbonyl (C=O) groups excluding carboxylic acids is 3. The summed E-state index contributed by atoms with van der Waals surface area (Å²) in [7, 11) is 1.56. The maximum atomic E-state index is 13.9. The van der Waals surface area contributed by atoms with Gasteiger partial charge in [-0.05, 0) is 74.7 Å². The van der Waals surface area contributed by atoms with Crippen LogP contribution in [-0.2, 0) is 19.1 Å². The number of nitrogens with zero attached hydrogens (tertiary/aromatic N) is 1. The van der Waals surface area contributed by atoms with E-state index in [9.17, 15) is 19.5 Å². The van der Waals surface area contributed by atoms with Gasteiger partial charge < -0.3 is 34.9 Å². The van der Waals surface area contributed by atoms with Gasteiger partial charge in [0.15, 0.2) is 0 Å². The number of methoxy groups -OCH3 is 1. The van der Waals surface area contributed by atoms with Gasteiger partial charge in [0.05, 0.1) is 37.8 Å². The van der Waals surface area contributed by atoms with Crippen molar-refractivity contribution in [2.75, 3.05) is 37.5 Å². The third-order valence-electron chi connectivity index (χ3n) is 8.48. The molecule has 3 saturated heterocycles. The number of hydrogen-bond donors (Lipinski definition) is 3. The number of ether oxygens (including phenoxy) is 3. The molecule has 0 saturated carbocycles. The third kappa shape index (κ3) is 4.31. The third-order valence-corrected chi connectivity index (χ3v) is 8.48. The molecule has 6 atom stereocenters. The van der Waals surface area contributed by atoms with Crippen LogP contribution < -0.4 is 20.1 Å². The van der Waals surface area contributed by atoms with Gasteiger partial charge in [-0.15, -0.1) is 0 Å². The molecule has 2 aromatic carbocycles. The fraction of sp³-hybridized carbons (Fsp3) is 0.483. The molecule has 208 valence electrons. The first kappa shape index (κ1) is 27.0. The number of carbonyl (C=O) groups is 3. The molecule has 3 amide bonds. The number of likely N-dealkylation sites (tertiary alicyclic amines) is 1. The van der Waals surface area contributed by atoms with Gasteiger partial charge in [-0.1, -0.05) is 6.92 Å². The molecule has 1 spiro atoms. The standard InChI is InChI=1S/C29H35N3O7/c1-5-38-21-12-8-18(9-13-21)30-25(34)22-23-27(36)32(14-15-33)24(29(23)16-17(2)28(22,3)39-29)26(35)31-19-6-10-20(37-4)11-7-19/h6-13,17,22-24,33H,5,14-16H2,1-4H3,(H,30,34)(H,31,35)/t17?,22-,23-,24?,28+,29?/m0/s1. The molecule has 2 bridgehead atoms. The van der Waals surface area contributed by atoms with Gasteiger partial charge in [0.25, 0.3) is 0 Å². The van der Waals surface area contributed by atoms with Gasteiger partial charge in [-0.3, -0.25) is 14.4 Å². The summed E-state index contributed by atoms with van der Waals surface area (Å²) in [6, 6.07) is 12.9. The Morgan fingerprint density at radius 2 is 1.64 bits per heavy atom. The van der Waals surface area contributed by atoms with Crippen molar-refractivity contribution in [3.63, 3.8) is 0 Å². The highest BCUT2D eigenvalue weighted by Crippen LogP contribution is 2.65. The Balaban J connectivity index is 1.46. The van der Waals surface area contributed by atoms with E-state index in [-0.39, 0.29) is 30.9 Å². The van der Waals surface area contributed by atoms with E-state index in [0.717, 1.165) is 0 Å². The number of anilines is 2. The van der Waals surface area contributed by atoms with Gasteiger partial charge in [0.2, 0.25) is 17.7 Å². The van der Waals surface area contributed by atoms with E-state index in [1.165, 1.54) is 4.90 Å². The smallest absolute Gasteiger partial charge is 0.250 e. The zero-order valence-electron chi connectivity index (χ0n) is 22.6. The molecule has 10 nitrogen and oxygen atoms in total. The second kappa shape index (κ2) is 10.2. The van der Waals surface area contributed by atoms with Gasteiger partial charge >= 0.3 is 0 Å². The van der Waals surface area contributed by atoms with Crippen molar-refractivity contribution < 1.29 is 33.7 Å². The van der Waals surface area contributed by atoms with Crippen LogP contribution >= 0.6 is 0 Å². The van der Waals surface area contributed by atoms with Gasteiger partial charge in [0, 0.05) is 17.9 Å². The molecule has 3 aliphatic heterocycles. The predicted molar refractivity (Wildman–Crippen MR) is 143 cm³/mol. The van der Waals surface area contributed by atoms with E-state index < -0.39 is 35.0 Å². The topological polar surface area (TPSA) is 126 Å². The second-order valence-electron chi connectivity index (χ2n) is 10.6. The van der Waals surface area contributed by atoms with E-state index in [4.69, 9.17) is 14.2 Å². The predicted octanol–water partition coefficient (Wildman–Crippen LogP) is 2.67. The van der Waals surface area contributed by atoms with Gasteiger partial charge in [-0.2, -0.15) is 0 Å². The van der Waals surface area contributed by atoms with Crippen LogP contribution in [0.1, 0.15) is 27.2 Å². The lowest BCUT2D eigenvalue weighted by Crippen LogP contribution is -2.54. The molecule has 3 aliphatic rings. The average molecular weight is 538 g/mol. The molecule has 0 radical (unpaired) electrons. The normalized spacial score (nSPS) is 30.7. The summed E-state index contributed by atoms with van der Waals surface area (Å²) < 4.78 is 17.3. The molecule has 0 aliphatic carbocycles. The molecule has 3 heterocycles. The summed E-state index contributed by atoms with van der Waals surface area (Å²) in [6.45, 7) is 5.90. The lowest BCUT2D eigenvalue weighted by Gasteiger charge is -2.36. The summed E-state index contributed by atoms with van der Waals surface area (Å²) in [6.07, 6.45) is 0.440. The summed E-state index contributed by atoms with van der Waals surface area (Å²) >= 11 is 0. The number of β-amino-alcohol motifs (C(OH)–C–C–N with tert-alkyl or cyclic N) is 1. The van der Waals surface area contributed by atoms with Crippen molar-refractivity contribution in [3.05, 3.63) is 48.5 Å². The Bertz CT molecular complexity index is 1250. The number of fused-ring (bicyclic) bond motifs is 1. The van der Waals surface area contributed by atoms with Crippen molar-refractivity contribution in [3.8, 4) is 11.5 Å². The van der Waals surface area contributed by atoms with Crippen LogP contribution in [0.15, 0.2) is 48.5 Å². The molecular weight excluding hydrogens is 502 g/mol. The maximum absolute atomic E-state index is 13.9. The fourth-order valence-corrected chi connectivity index (χ4v) is 6.69. The number of amides is 3. The highest BCUT2D eigenvalue weighted by molar-refractivity contribution is 6.05. The van der Waals surface area contributed by atoms with E-state index in [0.29, 0.717) is 35.9 Å². The van der Waals surface area contributed by atoms with E-state index in [2.05, 4.69) is 10.6 Å². The molecule has 5 rings (SSSR count). The lowest BCUT2D eigenvalue weighted by molar-refractivity contribution is -0.144.